The van der Waals surface area contributed by atoms with Crippen molar-refractivity contribution in [2.45, 2.75) is 26.3 Å². The van der Waals surface area contributed by atoms with Crippen molar-refractivity contribution in [1.29, 1.82) is 0 Å². The smallest absolute Gasteiger partial charge is 0.150 e. The molecule has 2 N–H and O–H groups in total. The molecule has 0 amide bonds. The summed E-state index contributed by atoms with van der Waals surface area (Å²) in [5.74, 6) is 0.967. The first-order chi connectivity index (χ1) is 4.57. The molecule has 0 aliphatic rings. The molecule has 0 aliphatic heterocycles. The highest BCUT2D eigenvalue weighted by Gasteiger charge is 2.12. The van der Waals surface area contributed by atoms with E-state index in [1.165, 1.54) is 0 Å². The highest BCUT2D eigenvalue weighted by atomic mass is 32.1. The van der Waals surface area contributed by atoms with Crippen LogP contribution in [-0.2, 0) is 4.79 Å². The van der Waals surface area contributed by atoms with E-state index in [0.717, 1.165) is 0 Å². The van der Waals surface area contributed by atoms with E-state index in [2.05, 4.69) is 12.6 Å². The largest absolute Gasteiger partial charge is 0.321 e. The van der Waals surface area contributed by atoms with Crippen molar-refractivity contribution in [3.63, 3.8) is 0 Å². The van der Waals surface area contributed by atoms with Gasteiger partial charge in [0.05, 0.1) is 6.04 Å². The van der Waals surface area contributed by atoms with Crippen LogP contribution in [0.3, 0.4) is 0 Å². The van der Waals surface area contributed by atoms with E-state index >= 15 is 0 Å². The fourth-order valence-electron chi connectivity index (χ4n) is 0.656. The lowest BCUT2D eigenvalue weighted by atomic mass is 10.0. The molecule has 10 heavy (non-hydrogen) atoms. The Morgan fingerprint density at radius 1 is 1.60 bits per heavy atom. The first-order valence-corrected chi connectivity index (χ1v) is 4.10. The Morgan fingerprint density at radius 3 is 2.40 bits per heavy atom. The van der Waals surface area contributed by atoms with Gasteiger partial charge in [-0.2, -0.15) is 12.6 Å². The van der Waals surface area contributed by atoms with Gasteiger partial charge >= 0.3 is 0 Å². The van der Waals surface area contributed by atoms with Crippen molar-refractivity contribution in [2.75, 3.05) is 5.75 Å². The molecule has 2 nitrogen and oxygen atoms in total. The first-order valence-electron chi connectivity index (χ1n) is 3.47. The van der Waals surface area contributed by atoms with Crippen LogP contribution in [0.25, 0.3) is 0 Å². The fourth-order valence-corrected chi connectivity index (χ4v) is 0.859. The molecule has 0 aromatic rings. The summed E-state index contributed by atoms with van der Waals surface area (Å²) >= 11 is 3.93. The number of Topliss-reactive ketones (excluding diaryl/α,β-unsaturated/α-hetero) is 1. The molecule has 0 saturated heterocycles. The van der Waals surface area contributed by atoms with Crippen LogP contribution in [0.4, 0.5) is 0 Å². The van der Waals surface area contributed by atoms with Gasteiger partial charge in [-0.1, -0.05) is 13.8 Å². The van der Waals surface area contributed by atoms with Crippen LogP contribution >= 0.6 is 12.6 Å². The Bertz CT molecular complexity index is 114. The molecule has 0 spiro atoms. The number of carbonyl (C=O) groups excluding carboxylic acids is 1. The predicted octanol–water partition coefficient (Wildman–Crippen LogP) is 0.859. The summed E-state index contributed by atoms with van der Waals surface area (Å²) in [5, 5.41) is 0. The van der Waals surface area contributed by atoms with Crippen molar-refractivity contribution in [2.24, 2.45) is 11.7 Å². The summed E-state index contributed by atoms with van der Waals surface area (Å²) in [6, 6.07) is -0.370. The summed E-state index contributed by atoms with van der Waals surface area (Å²) in [7, 11) is 0. The zero-order valence-corrected chi connectivity index (χ0v) is 7.40. The maximum atomic E-state index is 11.0. The van der Waals surface area contributed by atoms with E-state index in [-0.39, 0.29) is 11.8 Å². The van der Waals surface area contributed by atoms with Gasteiger partial charge in [0.15, 0.2) is 5.78 Å². The molecule has 0 unspecified atom stereocenters. The lowest BCUT2D eigenvalue weighted by Crippen LogP contribution is -2.32. The normalized spacial score (nSPS) is 13.7. The molecule has 0 rings (SSSR count). The Labute approximate surface area is 67.6 Å². The molecule has 0 fully saturated rings. The third-order valence-corrected chi connectivity index (χ3v) is 1.61. The highest BCUT2D eigenvalue weighted by Crippen LogP contribution is 2.02. The summed E-state index contributed by atoms with van der Waals surface area (Å²) < 4.78 is 0. The third kappa shape index (κ3) is 3.90. The molecular formula is C7H15NOS. The maximum Gasteiger partial charge on any atom is 0.150 e. The van der Waals surface area contributed by atoms with Crippen molar-refractivity contribution < 1.29 is 4.79 Å². The van der Waals surface area contributed by atoms with E-state index in [1.807, 2.05) is 13.8 Å². The van der Waals surface area contributed by atoms with E-state index in [4.69, 9.17) is 5.73 Å². The maximum absolute atomic E-state index is 11.0. The summed E-state index contributed by atoms with van der Waals surface area (Å²) in [5.41, 5.74) is 5.44. The number of thiol groups is 1. The van der Waals surface area contributed by atoms with Crippen LogP contribution < -0.4 is 5.73 Å². The molecule has 0 bridgehead atoms. The molecule has 0 radical (unpaired) electrons. The van der Waals surface area contributed by atoms with Gasteiger partial charge in [0.25, 0.3) is 0 Å². The average Bonchev–Trinajstić information content (AvgIpc) is 1.85. The average molecular weight is 161 g/mol. The van der Waals surface area contributed by atoms with Gasteiger partial charge in [0, 0.05) is 12.2 Å². The SMILES string of the molecule is CC(C)CC(=O)[C@@H](N)CS. The molecule has 3 heteroatoms. The predicted molar refractivity (Wildman–Crippen MR) is 46.3 cm³/mol. The number of rotatable bonds is 4. The zero-order valence-electron chi connectivity index (χ0n) is 6.50. The summed E-state index contributed by atoms with van der Waals surface area (Å²) in [6.45, 7) is 4.01. The number of ketones is 1. The fraction of sp³-hybridized carbons (Fsp3) is 0.857. The Morgan fingerprint density at radius 2 is 2.10 bits per heavy atom. The van der Waals surface area contributed by atoms with E-state index in [9.17, 15) is 4.79 Å². The molecule has 0 aromatic heterocycles. The Kier molecular flexibility index (Phi) is 4.73. The Balaban J connectivity index is 3.62. The van der Waals surface area contributed by atoms with Crippen LogP contribution in [0, 0.1) is 5.92 Å². The van der Waals surface area contributed by atoms with Gasteiger partial charge in [-0.15, -0.1) is 0 Å². The van der Waals surface area contributed by atoms with Crippen molar-refractivity contribution in [3.8, 4) is 0 Å². The highest BCUT2D eigenvalue weighted by molar-refractivity contribution is 7.80. The van der Waals surface area contributed by atoms with Crippen LogP contribution in [0.5, 0.6) is 0 Å². The van der Waals surface area contributed by atoms with Crippen LogP contribution in [-0.4, -0.2) is 17.6 Å². The number of nitrogens with two attached hydrogens (primary N) is 1. The standard InChI is InChI=1S/C7H15NOS/c1-5(2)3-7(9)6(8)4-10/h5-6,10H,3-4,8H2,1-2H3/t6-/m0/s1. The molecular weight excluding hydrogens is 146 g/mol. The summed E-state index contributed by atoms with van der Waals surface area (Å²) in [6.07, 6.45) is 0.571. The van der Waals surface area contributed by atoms with Crippen molar-refractivity contribution in [3.05, 3.63) is 0 Å². The van der Waals surface area contributed by atoms with Crippen molar-refractivity contribution in [1.82, 2.24) is 0 Å². The van der Waals surface area contributed by atoms with E-state index < -0.39 is 0 Å². The van der Waals surface area contributed by atoms with E-state index in [0.29, 0.717) is 18.1 Å². The molecule has 0 aliphatic carbocycles. The second-order valence-electron chi connectivity index (χ2n) is 2.85. The van der Waals surface area contributed by atoms with Gasteiger partial charge in [0.2, 0.25) is 0 Å². The molecule has 60 valence electrons. The van der Waals surface area contributed by atoms with Crippen LogP contribution in [0.15, 0.2) is 0 Å². The van der Waals surface area contributed by atoms with Gasteiger partial charge in [0.1, 0.15) is 0 Å². The minimum atomic E-state index is -0.370. The van der Waals surface area contributed by atoms with Gasteiger partial charge in [-0.05, 0) is 5.92 Å². The third-order valence-electron chi connectivity index (χ3n) is 1.22. The lowest BCUT2D eigenvalue weighted by molar-refractivity contribution is -0.120. The first kappa shape index (κ1) is 9.98. The van der Waals surface area contributed by atoms with Gasteiger partial charge in [-0.25, -0.2) is 0 Å². The number of carbonyl (C=O) groups is 1. The quantitative estimate of drug-likeness (QED) is 0.600. The molecule has 0 aromatic carbocycles. The Hall–Kier alpha value is -0.0200. The van der Waals surface area contributed by atoms with Crippen molar-refractivity contribution >= 4 is 18.4 Å². The number of hydrogen-bond acceptors (Lipinski definition) is 3. The topological polar surface area (TPSA) is 43.1 Å². The minimum Gasteiger partial charge on any atom is -0.321 e. The lowest BCUT2D eigenvalue weighted by Gasteiger charge is -2.08. The molecule has 1 atom stereocenters. The van der Waals surface area contributed by atoms with Crippen LogP contribution in [0.1, 0.15) is 20.3 Å². The molecule has 0 saturated carbocycles. The number of hydrogen-bond donors (Lipinski definition) is 2. The molecule has 0 heterocycles. The monoisotopic (exact) mass is 161 g/mol. The second kappa shape index (κ2) is 4.74. The second-order valence-corrected chi connectivity index (χ2v) is 3.22. The minimum absolute atomic E-state index is 0.116. The summed E-state index contributed by atoms with van der Waals surface area (Å²) in [4.78, 5) is 11.0. The van der Waals surface area contributed by atoms with Gasteiger partial charge in [-0.3, -0.25) is 4.79 Å². The van der Waals surface area contributed by atoms with E-state index in [1.54, 1.807) is 0 Å². The van der Waals surface area contributed by atoms with Crippen LogP contribution in [0.2, 0.25) is 0 Å². The van der Waals surface area contributed by atoms with Gasteiger partial charge < -0.3 is 5.73 Å². The zero-order chi connectivity index (χ0) is 8.15.